The summed E-state index contributed by atoms with van der Waals surface area (Å²) in [6.07, 6.45) is 4.54. The third-order valence-electron chi connectivity index (χ3n) is 2.21. The Morgan fingerprint density at radius 1 is 1.50 bits per heavy atom. The Morgan fingerprint density at radius 3 is 3.00 bits per heavy atom. The van der Waals surface area contributed by atoms with Gasteiger partial charge in [-0.25, -0.2) is 0 Å². The minimum absolute atomic E-state index is 0.276. The number of benzene rings is 1. The van der Waals surface area contributed by atoms with E-state index in [2.05, 4.69) is 27.5 Å². The molecule has 0 radical (unpaired) electrons. The highest BCUT2D eigenvalue weighted by atomic mass is 79.9. The Morgan fingerprint density at radius 2 is 2.29 bits per heavy atom. The second-order valence-corrected chi connectivity index (χ2v) is 3.98. The molecule has 0 spiro atoms. The van der Waals surface area contributed by atoms with Gasteiger partial charge in [-0.2, -0.15) is 0 Å². The maximum atomic E-state index is 9.60. The van der Waals surface area contributed by atoms with Gasteiger partial charge in [-0.1, -0.05) is 22.0 Å². The summed E-state index contributed by atoms with van der Waals surface area (Å²) in [4.78, 5) is 3.05. The molecule has 2 rings (SSSR count). The van der Waals surface area contributed by atoms with Crippen molar-refractivity contribution < 1.29 is 5.11 Å². The van der Waals surface area contributed by atoms with Crippen LogP contribution < -0.4 is 0 Å². The van der Waals surface area contributed by atoms with Crippen LogP contribution in [-0.2, 0) is 6.42 Å². The number of hydrogen-bond donors (Lipinski definition) is 2. The zero-order valence-corrected chi connectivity index (χ0v) is 9.13. The van der Waals surface area contributed by atoms with Crippen LogP contribution in [0.25, 0.3) is 10.9 Å². The Bertz CT molecular complexity index is 487. The fraction of sp³-hybridized carbons (Fsp3) is 0.0909. The van der Waals surface area contributed by atoms with Crippen molar-refractivity contribution in [3.63, 3.8) is 0 Å². The summed E-state index contributed by atoms with van der Waals surface area (Å²) < 4.78 is 0.989. The molecule has 72 valence electrons. The number of aromatic hydroxyl groups is 1. The van der Waals surface area contributed by atoms with Crippen LogP contribution in [0, 0.1) is 0 Å². The third kappa shape index (κ3) is 1.34. The first-order valence-electron chi connectivity index (χ1n) is 4.32. The molecule has 1 aromatic heterocycles. The number of aromatic nitrogens is 1. The summed E-state index contributed by atoms with van der Waals surface area (Å²) >= 11 is 3.47. The summed E-state index contributed by atoms with van der Waals surface area (Å²) in [7, 11) is 0. The first-order chi connectivity index (χ1) is 6.74. The third-order valence-corrected chi connectivity index (χ3v) is 2.87. The summed E-state index contributed by atoms with van der Waals surface area (Å²) in [5, 5.41) is 10.6. The van der Waals surface area contributed by atoms with Gasteiger partial charge in [0.25, 0.3) is 0 Å². The molecular formula is C11H10BrNO. The van der Waals surface area contributed by atoms with Crippen molar-refractivity contribution in [3.8, 4) is 5.75 Å². The van der Waals surface area contributed by atoms with Crippen molar-refractivity contribution in [2.75, 3.05) is 0 Å². The number of allylic oxidation sites excluding steroid dienone is 1. The van der Waals surface area contributed by atoms with E-state index in [0.29, 0.717) is 0 Å². The molecule has 1 aromatic carbocycles. The monoisotopic (exact) mass is 251 g/mol. The van der Waals surface area contributed by atoms with Crippen molar-refractivity contribution in [2.45, 2.75) is 6.42 Å². The number of fused-ring (bicyclic) bond motifs is 1. The van der Waals surface area contributed by atoms with E-state index >= 15 is 0 Å². The molecule has 0 aliphatic heterocycles. The maximum absolute atomic E-state index is 9.60. The van der Waals surface area contributed by atoms with Crippen LogP contribution in [0.4, 0.5) is 0 Å². The molecule has 0 amide bonds. The zero-order valence-electron chi connectivity index (χ0n) is 7.55. The Balaban J connectivity index is 2.76. The first kappa shape index (κ1) is 9.34. The molecule has 0 atom stereocenters. The largest absolute Gasteiger partial charge is 0.506 e. The van der Waals surface area contributed by atoms with Gasteiger partial charge in [0.2, 0.25) is 0 Å². The van der Waals surface area contributed by atoms with Gasteiger partial charge in [-0.3, -0.25) is 0 Å². The fourth-order valence-corrected chi connectivity index (χ4v) is 2.16. The van der Waals surface area contributed by atoms with Crippen LogP contribution in [0.5, 0.6) is 5.75 Å². The van der Waals surface area contributed by atoms with Crippen molar-refractivity contribution in [1.82, 2.24) is 4.98 Å². The van der Waals surface area contributed by atoms with Gasteiger partial charge in [-0.05, 0) is 24.1 Å². The standard InChI is InChI=1S/C11H10BrNO/c1-2-3-7-6-13-11-9(14)5-4-8(12)10(7)11/h2,4-6,13-14H,1,3H2. The Labute approximate surface area is 90.4 Å². The number of halogens is 1. The zero-order chi connectivity index (χ0) is 10.1. The highest BCUT2D eigenvalue weighted by Gasteiger charge is 2.09. The molecule has 1 heterocycles. The van der Waals surface area contributed by atoms with E-state index in [1.807, 2.05) is 18.3 Å². The molecule has 0 unspecified atom stereocenters. The molecule has 2 aromatic rings. The lowest BCUT2D eigenvalue weighted by Crippen LogP contribution is -1.78. The summed E-state index contributed by atoms with van der Waals surface area (Å²) in [5.74, 6) is 0.276. The molecule has 14 heavy (non-hydrogen) atoms. The van der Waals surface area contributed by atoms with Crippen LogP contribution in [-0.4, -0.2) is 10.1 Å². The predicted molar refractivity (Wildman–Crippen MR) is 61.6 cm³/mol. The van der Waals surface area contributed by atoms with Gasteiger partial charge in [0.05, 0.1) is 5.52 Å². The second kappa shape index (κ2) is 3.50. The predicted octanol–water partition coefficient (Wildman–Crippen LogP) is 3.36. The van der Waals surface area contributed by atoms with Crippen molar-refractivity contribution in [1.29, 1.82) is 0 Å². The first-order valence-corrected chi connectivity index (χ1v) is 5.11. The van der Waals surface area contributed by atoms with E-state index in [9.17, 15) is 5.11 Å². The second-order valence-electron chi connectivity index (χ2n) is 3.12. The summed E-state index contributed by atoms with van der Waals surface area (Å²) in [6.45, 7) is 3.70. The van der Waals surface area contributed by atoms with Gasteiger partial charge in [0, 0.05) is 16.1 Å². The van der Waals surface area contributed by atoms with E-state index in [1.54, 1.807) is 6.07 Å². The van der Waals surface area contributed by atoms with Crippen molar-refractivity contribution in [2.24, 2.45) is 0 Å². The number of phenolic OH excluding ortho intramolecular Hbond substituents is 1. The smallest absolute Gasteiger partial charge is 0.139 e. The van der Waals surface area contributed by atoms with Crippen LogP contribution >= 0.6 is 15.9 Å². The molecule has 2 nitrogen and oxygen atoms in total. The summed E-state index contributed by atoms with van der Waals surface area (Å²) in [5.41, 5.74) is 1.91. The van der Waals surface area contributed by atoms with E-state index in [0.717, 1.165) is 27.4 Å². The average Bonchev–Trinajstić information content (AvgIpc) is 2.58. The van der Waals surface area contributed by atoms with E-state index in [1.165, 1.54) is 0 Å². The SMILES string of the molecule is C=CCc1c[nH]c2c(O)ccc(Br)c12. The molecule has 0 aliphatic rings. The normalized spacial score (nSPS) is 10.6. The minimum atomic E-state index is 0.276. The van der Waals surface area contributed by atoms with Gasteiger partial charge in [0.1, 0.15) is 5.75 Å². The van der Waals surface area contributed by atoms with Crippen LogP contribution in [0.2, 0.25) is 0 Å². The quantitative estimate of drug-likeness (QED) is 0.790. The summed E-state index contributed by atoms with van der Waals surface area (Å²) in [6, 6.07) is 3.51. The molecule has 0 fully saturated rings. The van der Waals surface area contributed by atoms with Gasteiger partial charge in [0.15, 0.2) is 0 Å². The number of aromatic amines is 1. The van der Waals surface area contributed by atoms with Gasteiger partial charge in [-0.15, -0.1) is 6.58 Å². The van der Waals surface area contributed by atoms with Crippen LogP contribution in [0.3, 0.4) is 0 Å². The lowest BCUT2D eigenvalue weighted by molar-refractivity contribution is 0.480. The number of H-pyrrole nitrogens is 1. The molecule has 0 aliphatic carbocycles. The van der Waals surface area contributed by atoms with Gasteiger partial charge < -0.3 is 10.1 Å². The number of hydrogen-bond acceptors (Lipinski definition) is 1. The Kier molecular flexibility index (Phi) is 2.33. The number of phenols is 1. The van der Waals surface area contributed by atoms with E-state index in [-0.39, 0.29) is 5.75 Å². The lowest BCUT2D eigenvalue weighted by Gasteiger charge is -1.99. The molecule has 0 saturated heterocycles. The van der Waals surface area contributed by atoms with E-state index < -0.39 is 0 Å². The highest BCUT2D eigenvalue weighted by Crippen LogP contribution is 2.33. The number of rotatable bonds is 2. The van der Waals surface area contributed by atoms with Crippen LogP contribution in [0.15, 0.2) is 35.5 Å². The fourth-order valence-electron chi connectivity index (χ4n) is 1.57. The number of nitrogens with one attached hydrogen (secondary N) is 1. The molecule has 3 heteroatoms. The van der Waals surface area contributed by atoms with Gasteiger partial charge >= 0.3 is 0 Å². The average molecular weight is 252 g/mol. The topological polar surface area (TPSA) is 36.0 Å². The lowest BCUT2D eigenvalue weighted by atomic mass is 10.1. The molecule has 0 saturated carbocycles. The molecule has 2 N–H and O–H groups in total. The Hall–Kier alpha value is -1.22. The minimum Gasteiger partial charge on any atom is -0.506 e. The molecular weight excluding hydrogens is 242 g/mol. The van der Waals surface area contributed by atoms with Crippen LogP contribution in [0.1, 0.15) is 5.56 Å². The maximum Gasteiger partial charge on any atom is 0.139 e. The highest BCUT2D eigenvalue weighted by molar-refractivity contribution is 9.10. The van der Waals surface area contributed by atoms with E-state index in [4.69, 9.17) is 0 Å². The van der Waals surface area contributed by atoms with Crippen molar-refractivity contribution in [3.05, 3.63) is 41.0 Å². The molecule has 0 bridgehead atoms. The van der Waals surface area contributed by atoms with Crippen molar-refractivity contribution >= 4 is 26.8 Å².